The first-order valence-corrected chi connectivity index (χ1v) is 12.8. The van der Waals surface area contributed by atoms with E-state index in [1.807, 2.05) is 0 Å². The van der Waals surface area contributed by atoms with Gasteiger partial charge in [-0.05, 0) is 19.3 Å². The molecule has 0 aromatic carbocycles. The number of rotatable bonds is 21. The predicted molar refractivity (Wildman–Crippen MR) is 114 cm³/mol. The van der Waals surface area contributed by atoms with E-state index in [4.69, 9.17) is 0 Å². The molecule has 0 rings (SSSR count). The van der Waals surface area contributed by atoms with Crippen LogP contribution in [0, 0.1) is 0 Å². The third kappa shape index (κ3) is 12.5. The monoisotopic (exact) mass is 542 g/mol. The number of halogens is 6. The van der Waals surface area contributed by atoms with Crippen LogP contribution in [-0.2, 0) is 32.5 Å². The first kappa shape index (κ1) is 33.7. The summed E-state index contributed by atoms with van der Waals surface area (Å²) in [5, 5.41) is 0. The van der Waals surface area contributed by atoms with E-state index < -0.39 is 82.0 Å². The Bertz CT molecular complexity index is 651. The molecule has 14 heteroatoms. The normalized spacial score (nSPS) is 13.2. The van der Waals surface area contributed by atoms with Crippen molar-refractivity contribution in [3.8, 4) is 0 Å². The maximum Gasteiger partial charge on any atom is 0.476 e. The first-order chi connectivity index (χ1) is 16.1. The summed E-state index contributed by atoms with van der Waals surface area (Å²) in [5.74, 6) is -17.3. The number of unbranched alkanes of at least 4 members (excludes halogenated alkanes) is 3. The van der Waals surface area contributed by atoms with Crippen molar-refractivity contribution in [1.29, 1.82) is 0 Å². The van der Waals surface area contributed by atoms with Crippen molar-refractivity contribution < 1.29 is 58.9 Å². The number of ketones is 3. The quantitative estimate of drug-likeness (QED) is 0.124. The molecule has 0 aromatic heterocycles. The van der Waals surface area contributed by atoms with Crippen molar-refractivity contribution in [3.05, 3.63) is 0 Å². The van der Waals surface area contributed by atoms with Crippen molar-refractivity contribution in [2.75, 3.05) is 19.8 Å². The Morgan fingerprint density at radius 2 is 0.800 bits per heavy atom. The molecule has 206 valence electrons. The number of Topliss-reactive ketones (excluding diaryl/α,β-unsaturated/α-hetero) is 3. The third-order valence-electron chi connectivity index (χ3n) is 4.82. The summed E-state index contributed by atoms with van der Waals surface area (Å²) < 4.78 is 109. The van der Waals surface area contributed by atoms with E-state index in [1.54, 1.807) is 20.8 Å². The second-order valence-electron chi connectivity index (χ2n) is 7.96. The topological polar surface area (TPSA) is 96.0 Å². The molecule has 0 saturated carbocycles. The van der Waals surface area contributed by atoms with Crippen molar-refractivity contribution in [1.82, 2.24) is 0 Å². The minimum Gasteiger partial charge on any atom is -0.290 e. The maximum absolute atomic E-state index is 13.8. The predicted octanol–water partition coefficient (Wildman–Crippen LogP) is 6.33. The number of hydrogen-bond donors (Lipinski definition) is 0. The van der Waals surface area contributed by atoms with Crippen molar-refractivity contribution in [3.63, 3.8) is 0 Å². The van der Waals surface area contributed by atoms with E-state index in [0.29, 0.717) is 19.3 Å². The highest BCUT2D eigenvalue weighted by atomic mass is 31.2. The average molecular weight is 542 g/mol. The largest absolute Gasteiger partial charge is 0.476 e. The fraction of sp³-hybridized carbons (Fsp3) is 0.857. The Morgan fingerprint density at radius 1 is 0.571 bits per heavy atom. The second-order valence-corrected chi connectivity index (χ2v) is 9.63. The van der Waals surface area contributed by atoms with Crippen LogP contribution in [0.5, 0.6) is 0 Å². The highest BCUT2D eigenvalue weighted by molar-refractivity contribution is 7.48. The van der Waals surface area contributed by atoms with Crippen molar-refractivity contribution in [2.45, 2.75) is 96.3 Å². The number of phosphoric acid groups is 1. The van der Waals surface area contributed by atoms with Crippen LogP contribution in [0.1, 0.15) is 78.6 Å². The molecule has 0 aromatic rings. The van der Waals surface area contributed by atoms with E-state index in [2.05, 4.69) is 13.6 Å². The second kappa shape index (κ2) is 15.1. The van der Waals surface area contributed by atoms with Crippen LogP contribution in [0.4, 0.5) is 26.3 Å². The summed E-state index contributed by atoms with van der Waals surface area (Å²) >= 11 is 0. The Kier molecular flexibility index (Phi) is 14.5. The standard InChI is InChI=1S/C21H33F6O7P/c1-4-7-10-19(22,23)16(28)13-32-35(31,33-14-17(29)20(24,25)11-8-5-2)34-15-18(30)21(26,27)12-9-6-3/h4-15H2,1-3H3. The number of phosphoric ester groups is 1. The molecule has 7 nitrogen and oxygen atoms in total. The molecule has 0 atom stereocenters. The zero-order valence-electron chi connectivity index (χ0n) is 20.1. The first-order valence-electron chi connectivity index (χ1n) is 11.3. The van der Waals surface area contributed by atoms with Crippen molar-refractivity contribution >= 4 is 25.2 Å². The molecule has 0 aliphatic rings. The zero-order chi connectivity index (χ0) is 27.3. The number of carbonyl (C=O) groups is 3. The van der Waals surface area contributed by atoms with Gasteiger partial charge >= 0.3 is 25.6 Å². The molecule has 0 saturated heterocycles. The minimum absolute atomic E-state index is 0.0356. The van der Waals surface area contributed by atoms with Crippen LogP contribution in [0.25, 0.3) is 0 Å². The Labute approximate surface area is 200 Å². The number of alkyl halides is 6. The molecule has 0 bridgehead atoms. The van der Waals surface area contributed by atoms with Crippen LogP contribution in [-0.4, -0.2) is 54.9 Å². The van der Waals surface area contributed by atoms with Gasteiger partial charge in [-0.25, -0.2) is 4.57 Å². The smallest absolute Gasteiger partial charge is 0.290 e. The minimum atomic E-state index is -5.33. The van der Waals surface area contributed by atoms with E-state index in [1.165, 1.54) is 0 Å². The summed E-state index contributed by atoms with van der Waals surface area (Å²) in [6.07, 6.45) is -1.69. The van der Waals surface area contributed by atoms with Crippen LogP contribution in [0.15, 0.2) is 0 Å². The Morgan fingerprint density at radius 3 is 1.00 bits per heavy atom. The lowest BCUT2D eigenvalue weighted by molar-refractivity contribution is -0.149. The average Bonchev–Trinajstić information content (AvgIpc) is 2.80. The summed E-state index contributed by atoms with van der Waals surface area (Å²) in [7, 11) is -5.33. The van der Waals surface area contributed by atoms with Gasteiger partial charge in [0, 0.05) is 19.3 Å². The summed E-state index contributed by atoms with van der Waals surface area (Å²) in [5.41, 5.74) is 0. The summed E-state index contributed by atoms with van der Waals surface area (Å²) in [4.78, 5) is 35.3. The molecule has 0 aliphatic carbocycles. The van der Waals surface area contributed by atoms with Gasteiger partial charge in [0.2, 0.25) is 17.3 Å². The molecular formula is C21H33F6O7P. The van der Waals surface area contributed by atoms with Crippen LogP contribution in [0.3, 0.4) is 0 Å². The van der Waals surface area contributed by atoms with E-state index >= 15 is 0 Å². The van der Waals surface area contributed by atoms with Gasteiger partial charge in [0.15, 0.2) is 0 Å². The van der Waals surface area contributed by atoms with Gasteiger partial charge in [-0.3, -0.25) is 28.0 Å². The molecule has 0 unspecified atom stereocenters. The molecule has 0 spiro atoms. The summed E-state index contributed by atoms with van der Waals surface area (Å²) in [6, 6.07) is 0. The SMILES string of the molecule is CCCCC(F)(F)C(=O)COP(=O)(OCC(=O)C(F)(F)CCCC)OCC(=O)C(F)(F)CCCC. The van der Waals surface area contributed by atoms with Crippen LogP contribution < -0.4 is 0 Å². The molecule has 35 heavy (non-hydrogen) atoms. The van der Waals surface area contributed by atoms with Gasteiger partial charge in [-0.2, -0.15) is 26.3 Å². The number of carbonyl (C=O) groups excluding carboxylic acids is 3. The fourth-order valence-electron chi connectivity index (χ4n) is 2.46. The van der Waals surface area contributed by atoms with Crippen LogP contribution >= 0.6 is 7.82 Å². The van der Waals surface area contributed by atoms with E-state index in [0.717, 1.165) is 0 Å². The maximum atomic E-state index is 13.8. The lowest BCUT2D eigenvalue weighted by Gasteiger charge is -2.21. The van der Waals surface area contributed by atoms with Gasteiger partial charge in [0.25, 0.3) is 0 Å². The fourth-order valence-corrected chi connectivity index (χ4v) is 3.51. The molecular weight excluding hydrogens is 509 g/mol. The van der Waals surface area contributed by atoms with Gasteiger partial charge in [-0.15, -0.1) is 0 Å². The van der Waals surface area contributed by atoms with Gasteiger partial charge in [0.05, 0.1) is 0 Å². The molecule has 0 heterocycles. The lowest BCUT2D eigenvalue weighted by atomic mass is 10.1. The Hall–Kier alpha value is -1.30. The Balaban J connectivity index is 5.44. The third-order valence-corrected chi connectivity index (χ3v) is 6.15. The van der Waals surface area contributed by atoms with E-state index in [9.17, 15) is 45.3 Å². The van der Waals surface area contributed by atoms with Crippen molar-refractivity contribution in [2.24, 2.45) is 0 Å². The highest BCUT2D eigenvalue weighted by Gasteiger charge is 2.44. The molecule has 0 fully saturated rings. The van der Waals surface area contributed by atoms with E-state index in [-0.39, 0.29) is 19.3 Å². The molecule has 0 amide bonds. The van der Waals surface area contributed by atoms with Gasteiger partial charge < -0.3 is 0 Å². The molecule has 0 aliphatic heterocycles. The summed E-state index contributed by atoms with van der Waals surface area (Å²) in [6.45, 7) is -0.0346. The number of hydrogen-bond acceptors (Lipinski definition) is 7. The zero-order valence-corrected chi connectivity index (χ0v) is 21.0. The van der Waals surface area contributed by atoms with Gasteiger partial charge in [-0.1, -0.05) is 40.0 Å². The highest BCUT2D eigenvalue weighted by Crippen LogP contribution is 2.50. The van der Waals surface area contributed by atoms with Crippen LogP contribution in [0.2, 0.25) is 0 Å². The molecule has 0 radical (unpaired) electrons. The van der Waals surface area contributed by atoms with Gasteiger partial charge in [0.1, 0.15) is 19.8 Å². The lowest BCUT2D eigenvalue weighted by Crippen LogP contribution is -2.34. The molecule has 0 N–H and O–H groups in total.